The van der Waals surface area contributed by atoms with E-state index in [2.05, 4.69) is 26.3 Å². The van der Waals surface area contributed by atoms with Crippen molar-refractivity contribution in [3.05, 3.63) is 50.9 Å². The van der Waals surface area contributed by atoms with E-state index in [9.17, 15) is 4.79 Å². The van der Waals surface area contributed by atoms with Crippen LogP contribution in [0.15, 0.2) is 39.7 Å². The molecule has 100 valence electrons. The first-order chi connectivity index (χ1) is 8.99. The second kappa shape index (κ2) is 5.44. The fourth-order valence-electron chi connectivity index (χ4n) is 1.71. The minimum absolute atomic E-state index is 0.0470. The summed E-state index contributed by atoms with van der Waals surface area (Å²) >= 11 is 3.29. The van der Waals surface area contributed by atoms with Gasteiger partial charge in [0.1, 0.15) is 4.47 Å². The van der Waals surface area contributed by atoms with Crippen molar-refractivity contribution in [2.45, 2.75) is 13.0 Å². The number of nitrogen functional groups attached to an aromatic ring is 1. The third-order valence-corrected chi connectivity index (χ3v) is 3.65. The molecule has 0 saturated carbocycles. The lowest BCUT2D eigenvalue weighted by Gasteiger charge is -2.16. The standard InChI is InChI=1S/C13H15BrN4O/c1-8(9-3-5-10(15)6-4-9)17-11-7-16-18(2)13(19)12(11)14/h3-8,17H,15H2,1-2H3. The van der Waals surface area contributed by atoms with Crippen LogP contribution >= 0.6 is 15.9 Å². The number of aryl methyl sites for hydroxylation is 1. The number of nitrogens with two attached hydrogens (primary N) is 1. The van der Waals surface area contributed by atoms with Crippen molar-refractivity contribution in [2.24, 2.45) is 7.05 Å². The number of aromatic nitrogens is 2. The van der Waals surface area contributed by atoms with Crippen molar-refractivity contribution in [3.63, 3.8) is 0 Å². The molecule has 0 bridgehead atoms. The first-order valence-electron chi connectivity index (χ1n) is 5.83. The molecular formula is C13H15BrN4O. The smallest absolute Gasteiger partial charge is 0.282 e. The van der Waals surface area contributed by atoms with Crippen molar-refractivity contribution < 1.29 is 0 Å². The lowest BCUT2D eigenvalue weighted by Crippen LogP contribution is -2.22. The topological polar surface area (TPSA) is 72.9 Å². The summed E-state index contributed by atoms with van der Waals surface area (Å²) < 4.78 is 1.76. The lowest BCUT2D eigenvalue weighted by molar-refractivity contribution is 0.701. The minimum Gasteiger partial charge on any atom is -0.399 e. The largest absolute Gasteiger partial charge is 0.399 e. The summed E-state index contributed by atoms with van der Waals surface area (Å²) in [7, 11) is 1.61. The Labute approximate surface area is 119 Å². The summed E-state index contributed by atoms with van der Waals surface area (Å²) in [6.07, 6.45) is 1.62. The first-order valence-corrected chi connectivity index (χ1v) is 6.62. The van der Waals surface area contributed by atoms with Gasteiger partial charge in [0.05, 0.1) is 11.9 Å². The Morgan fingerprint density at radius 3 is 2.63 bits per heavy atom. The van der Waals surface area contributed by atoms with Gasteiger partial charge in [0.15, 0.2) is 0 Å². The van der Waals surface area contributed by atoms with Crippen LogP contribution in [0.25, 0.3) is 0 Å². The maximum absolute atomic E-state index is 11.7. The Bertz CT molecular complexity index is 636. The molecule has 1 aromatic carbocycles. The molecule has 0 saturated heterocycles. The Hall–Kier alpha value is -1.82. The average molecular weight is 323 g/mol. The quantitative estimate of drug-likeness (QED) is 0.850. The van der Waals surface area contributed by atoms with Gasteiger partial charge in [0.2, 0.25) is 0 Å². The molecule has 5 nitrogen and oxygen atoms in total. The second-order valence-electron chi connectivity index (χ2n) is 4.33. The number of hydrogen-bond acceptors (Lipinski definition) is 4. The SMILES string of the molecule is CC(Nc1cnn(C)c(=O)c1Br)c1ccc(N)cc1. The van der Waals surface area contributed by atoms with Crippen LogP contribution in [0, 0.1) is 0 Å². The zero-order valence-electron chi connectivity index (χ0n) is 10.7. The number of nitrogens with zero attached hydrogens (tertiary/aromatic N) is 2. The van der Waals surface area contributed by atoms with E-state index in [-0.39, 0.29) is 11.6 Å². The molecule has 3 N–H and O–H groups in total. The Kier molecular flexibility index (Phi) is 3.90. The highest BCUT2D eigenvalue weighted by molar-refractivity contribution is 9.10. The number of halogens is 1. The van der Waals surface area contributed by atoms with Crippen molar-refractivity contribution >= 4 is 27.3 Å². The molecule has 2 rings (SSSR count). The molecule has 1 aromatic heterocycles. The lowest BCUT2D eigenvalue weighted by atomic mass is 10.1. The molecule has 1 atom stereocenters. The molecule has 0 fully saturated rings. The van der Waals surface area contributed by atoms with Gasteiger partial charge in [-0.3, -0.25) is 4.79 Å². The molecule has 0 radical (unpaired) electrons. The normalized spacial score (nSPS) is 12.2. The predicted octanol–water partition coefficient (Wildman–Crippen LogP) is 2.30. The monoisotopic (exact) mass is 322 g/mol. The molecule has 0 aliphatic rings. The minimum atomic E-state index is -0.172. The molecule has 1 unspecified atom stereocenters. The number of hydrogen-bond donors (Lipinski definition) is 2. The predicted molar refractivity (Wildman–Crippen MR) is 80.1 cm³/mol. The summed E-state index contributed by atoms with van der Waals surface area (Å²) in [6, 6.07) is 7.66. The molecule has 0 amide bonds. The van der Waals surface area contributed by atoms with Crippen molar-refractivity contribution in [3.8, 4) is 0 Å². The van der Waals surface area contributed by atoms with Crippen LogP contribution in [-0.4, -0.2) is 9.78 Å². The van der Waals surface area contributed by atoms with Gasteiger partial charge in [-0.05, 0) is 40.5 Å². The van der Waals surface area contributed by atoms with Gasteiger partial charge in [-0.2, -0.15) is 5.10 Å². The van der Waals surface area contributed by atoms with Crippen LogP contribution < -0.4 is 16.6 Å². The summed E-state index contributed by atoms with van der Waals surface area (Å²) in [5.41, 5.74) is 7.97. The Balaban J connectivity index is 2.24. The van der Waals surface area contributed by atoms with E-state index in [4.69, 9.17) is 5.73 Å². The van der Waals surface area contributed by atoms with Gasteiger partial charge >= 0.3 is 0 Å². The van der Waals surface area contributed by atoms with E-state index in [0.29, 0.717) is 10.2 Å². The highest BCUT2D eigenvalue weighted by atomic mass is 79.9. The van der Waals surface area contributed by atoms with E-state index in [1.165, 1.54) is 4.68 Å². The highest BCUT2D eigenvalue weighted by Gasteiger charge is 2.10. The van der Waals surface area contributed by atoms with Gasteiger partial charge in [0, 0.05) is 18.8 Å². The molecule has 6 heteroatoms. The number of anilines is 2. The van der Waals surface area contributed by atoms with Crippen LogP contribution in [0.1, 0.15) is 18.5 Å². The summed E-state index contributed by atoms with van der Waals surface area (Å²) in [4.78, 5) is 11.7. The molecular weight excluding hydrogens is 308 g/mol. The fraction of sp³-hybridized carbons (Fsp3) is 0.231. The van der Waals surface area contributed by atoms with Gasteiger partial charge in [0.25, 0.3) is 5.56 Å². The van der Waals surface area contributed by atoms with Gasteiger partial charge in [-0.1, -0.05) is 12.1 Å². The molecule has 19 heavy (non-hydrogen) atoms. The van der Waals surface area contributed by atoms with Crippen molar-refractivity contribution in [2.75, 3.05) is 11.1 Å². The van der Waals surface area contributed by atoms with Crippen molar-refractivity contribution in [1.29, 1.82) is 0 Å². The third kappa shape index (κ3) is 2.96. The number of nitrogens with one attached hydrogen (secondary N) is 1. The van der Waals surface area contributed by atoms with Gasteiger partial charge in [-0.25, -0.2) is 4.68 Å². The molecule has 0 spiro atoms. The highest BCUT2D eigenvalue weighted by Crippen LogP contribution is 2.23. The average Bonchev–Trinajstić information content (AvgIpc) is 2.40. The van der Waals surface area contributed by atoms with Crippen LogP contribution in [0.5, 0.6) is 0 Å². The Morgan fingerprint density at radius 1 is 1.37 bits per heavy atom. The van der Waals surface area contributed by atoms with Gasteiger partial charge in [-0.15, -0.1) is 0 Å². The number of rotatable bonds is 3. The zero-order valence-corrected chi connectivity index (χ0v) is 12.3. The zero-order chi connectivity index (χ0) is 14.0. The van der Waals surface area contributed by atoms with E-state index in [1.54, 1.807) is 13.2 Å². The summed E-state index contributed by atoms with van der Waals surface area (Å²) in [6.45, 7) is 2.01. The maximum atomic E-state index is 11.7. The molecule has 1 heterocycles. The van der Waals surface area contributed by atoms with E-state index < -0.39 is 0 Å². The molecule has 2 aromatic rings. The van der Waals surface area contributed by atoms with Gasteiger partial charge < -0.3 is 11.1 Å². The van der Waals surface area contributed by atoms with E-state index in [1.807, 2.05) is 31.2 Å². The molecule has 0 aliphatic carbocycles. The van der Waals surface area contributed by atoms with Crippen LogP contribution in [-0.2, 0) is 7.05 Å². The number of benzene rings is 1. The van der Waals surface area contributed by atoms with E-state index in [0.717, 1.165) is 11.3 Å². The maximum Gasteiger partial charge on any atom is 0.282 e. The van der Waals surface area contributed by atoms with Crippen molar-refractivity contribution in [1.82, 2.24) is 9.78 Å². The molecule has 0 aliphatic heterocycles. The second-order valence-corrected chi connectivity index (χ2v) is 5.13. The van der Waals surface area contributed by atoms with Crippen LogP contribution in [0.3, 0.4) is 0 Å². The first kappa shape index (κ1) is 13.6. The van der Waals surface area contributed by atoms with Crippen LogP contribution in [0.2, 0.25) is 0 Å². The Morgan fingerprint density at radius 2 is 2.00 bits per heavy atom. The van der Waals surface area contributed by atoms with E-state index >= 15 is 0 Å². The summed E-state index contributed by atoms with van der Waals surface area (Å²) in [5, 5.41) is 7.24. The van der Waals surface area contributed by atoms with Crippen LogP contribution in [0.4, 0.5) is 11.4 Å². The fourth-order valence-corrected chi connectivity index (χ4v) is 2.19. The summed E-state index contributed by atoms with van der Waals surface area (Å²) in [5.74, 6) is 0. The third-order valence-electron chi connectivity index (χ3n) is 2.89.